The summed E-state index contributed by atoms with van der Waals surface area (Å²) < 4.78 is 5.73. The molecular weight excluding hydrogens is 216 g/mol. The maximum absolute atomic E-state index is 12.3. The first-order valence-corrected chi connectivity index (χ1v) is 6.88. The lowest BCUT2D eigenvalue weighted by atomic mass is 9.75. The maximum atomic E-state index is 12.3. The van der Waals surface area contributed by atoms with E-state index >= 15 is 0 Å². The van der Waals surface area contributed by atoms with Crippen LogP contribution in [0.5, 0.6) is 0 Å². The SMILES string of the molecule is NC1(CC(=O)N2CCOC3CCCC32)CCC1. The Balaban J connectivity index is 1.64. The molecule has 0 aromatic heterocycles. The minimum atomic E-state index is -0.191. The van der Waals surface area contributed by atoms with Gasteiger partial charge in [-0.05, 0) is 38.5 Å². The van der Waals surface area contributed by atoms with Crippen LogP contribution in [0.2, 0.25) is 0 Å². The summed E-state index contributed by atoms with van der Waals surface area (Å²) in [6, 6.07) is 0.333. The number of fused-ring (bicyclic) bond motifs is 1. The van der Waals surface area contributed by atoms with Crippen LogP contribution in [-0.4, -0.2) is 41.6 Å². The zero-order valence-electron chi connectivity index (χ0n) is 10.4. The smallest absolute Gasteiger partial charge is 0.224 e. The normalized spacial score (nSPS) is 35.2. The summed E-state index contributed by atoms with van der Waals surface area (Å²) in [6.45, 7) is 1.46. The molecule has 1 heterocycles. The van der Waals surface area contributed by atoms with Crippen molar-refractivity contribution in [3.63, 3.8) is 0 Å². The Labute approximate surface area is 102 Å². The number of carbonyl (C=O) groups is 1. The van der Waals surface area contributed by atoms with Gasteiger partial charge >= 0.3 is 0 Å². The van der Waals surface area contributed by atoms with Gasteiger partial charge in [-0.3, -0.25) is 4.79 Å². The fourth-order valence-corrected chi connectivity index (χ4v) is 3.45. The highest BCUT2D eigenvalue weighted by Crippen LogP contribution is 2.35. The minimum Gasteiger partial charge on any atom is -0.374 e. The van der Waals surface area contributed by atoms with Crippen molar-refractivity contribution in [1.29, 1.82) is 0 Å². The molecule has 4 nitrogen and oxygen atoms in total. The number of ether oxygens (including phenoxy) is 1. The van der Waals surface area contributed by atoms with Gasteiger partial charge in [0.15, 0.2) is 0 Å². The van der Waals surface area contributed by atoms with Crippen LogP contribution in [0.4, 0.5) is 0 Å². The second kappa shape index (κ2) is 4.25. The van der Waals surface area contributed by atoms with E-state index in [-0.39, 0.29) is 11.4 Å². The van der Waals surface area contributed by atoms with Gasteiger partial charge in [-0.1, -0.05) is 0 Å². The molecule has 2 aliphatic carbocycles. The zero-order chi connectivity index (χ0) is 11.9. The highest BCUT2D eigenvalue weighted by Gasteiger charge is 2.41. The quantitative estimate of drug-likeness (QED) is 0.782. The van der Waals surface area contributed by atoms with Gasteiger partial charge in [0, 0.05) is 18.5 Å². The monoisotopic (exact) mass is 238 g/mol. The van der Waals surface area contributed by atoms with Crippen LogP contribution in [0, 0.1) is 0 Å². The third-order valence-corrected chi connectivity index (χ3v) is 4.66. The van der Waals surface area contributed by atoms with E-state index in [1.54, 1.807) is 0 Å². The molecular formula is C13H22N2O2. The van der Waals surface area contributed by atoms with Gasteiger partial charge in [-0.15, -0.1) is 0 Å². The average Bonchev–Trinajstić information content (AvgIpc) is 2.74. The topological polar surface area (TPSA) is 55.6 Å². The van der Waals surface area contributed by atoms with Crippen molar-refractivity contribution < 1.29 is 9.53 Å². The minimum absolute atomic E-state index is 0.191. The predicted octanol–water partition coefficient (Wildman–Crippen LogP) is 1.04. The van der Waals surface area contributed by atoms with E-state index < -0.39 is 0 Å². The van der Waals surface area contributed by atoms with Crippen molar-refractivity contribution in [1.82, 2.24) is 4.90 Å². The molecule has 3 aliphatic rings. The van der Waals surface area contributed by atoms with Gasteiger partial charge in [0.1, 0.15) is 0 Å². The summed E-state index contributed by atoms with van der Waals surface area (Å²) in [5, 5.41) is 0. The fraction of sp³-hybridized carbons (Fsp3) is 0.923. The predicted molar refractivity (Wildman–Crippen MR) is 64.5 cm³/mol. The van der Waals surface area contributed by atoms with Crippen LogP contribution in [0.25, 0.3) is 0 Å². The molecule has 0 aromatic carbocycles. The number of hydrogen-bond donors (Lipinski definition) is 1. The number of carbonyl (C=O) groups excluding carboxylic acids is 1. The van der Waals surface area contributed by atoms with Gasteiger partial charge < -0.3 is 15.4 Å². The first-order chi connectivity index (χ1) is 8.18. The average molecular weight is 238 g/mol. The molecule has 0 bridgehead atoms. The highest BCUT2D eigenvalue weighted by molar-refractivity contribution is 5.78. The van der Waals surface area contributed by atoms with E-state index in [9.17, 15) is 4.79 Å². The maximum Gasteiger partial charge on any atom is 0.224 e. The van der Waals surface area contributed by atoms with Crippen molar-refractivity contribution in [2.75, 3.05) is 13.2 Å². The van der Waals surface area contributed by atoms with Crippen LogP contribution in [-0.2, 0) is 9.53 Å². The van der Waals surface area contributed by atoms with Crippen LogP contribution in [0.3, 0.4) is 0 Å². The fourth-order valence-electron chi connectivity index (χ4n) is 3.45. The third kappa shape index (κ3) is 2.08. The Bertz CT molecular complexity index is 315. The van der Waals surface area contributed by atoms with Gasteiger partial charge in [0.05, 0.1) is 18.8 Å². The second-order valence-corrected chi connectivity index (χ2v) is 5.89. The summed E-state index contributed by atoms with van der Waals surface area (Å²) in [4.78, 5) is 14.4. The summed E-state index contributed by atoms with van der Waals surface area (Å²) in [7, 11) is 0. The molecule has 0 aromatic rings. The number of hydrogen-bond acceptors (Lipinski definition) is 3. The van der Waals surface area contributed by atoms with Gasteiger partial charge in [0.2, 0.25) is 5.91 Å². The first-order valence-electron chi connectivity index (χ1n) is 6.88. The van der Waals surface area contributed by atoms with E-state index in [2.05, 4.69) is 0 Å². The molecule has 3 rings (SSSR count). The van der Waals surface area contributed by atoms with Crippen LogP contribution in [0.15, 0.2) is 0 Å². The summed E-state index contributed by atoms with van der Waals surface area (Å²) in [5.74, 6) is 0.257. The van der Waals surface area contributed by atoms with Gasteiger partial charge in [-0.2, -0.15) is 0 Å². The molecule has 4 heteroatoms. The molecule has 96 valence electrons. The zero-order valence-corrected chi connectivity index (χ0v) is 10.4. The summed E-state index contributed by atoms with van der Waals surface area (Å²) in [6.07, 6.45) is 7.44. The van der Waals surface area contributed by atoms with Crippen LogP contribution in [0.1, 0.15) is 44.9 Å². The van der Waals surface area contributed by atoms with E-state index in [0.717, 1.165) is 32.2 Å². The number of nitrogens with two attached hydrogens (primary N) is 1. The number of rotatable bonds is 2. The van der Waals surface area contributed by atoms with Gasteiger partial charge in [0.25, 0.3) is 0 Å². The van der Waals surface area contributed by atoms with E-state index in [1.807, 2.05) is 4.90 Å². The van der Waals surface area contributed by atoms with Gasteiger partial charge in [-0.25, -0.2) is 0 Å². The molecule has 2 unspecified atom stereocenters. The molecule has 0 radical (unpaired) electrons. The molecule has 2 atom stereocenters. The molecule has 0 spiro atoms. The molecule has 1 saturated heterocycles. The summed E-state index contributed by atoms with van der Waals surface area (Å²) in [5.41, 5.74) is 5.98. The number of morpholine rings is 1. The standard InChI is InChI=1S/C13H22N2O2/c14-13(5-2-6-13)9-12(16)15-7-8-17-11-4-1-3-10(11)15/h10-11H,1-9,14H2. The summed E-state index contributed by atoms with van der Waals surface area (Å²) >= 11 is 0. The second-order valence-electron chi connectivity index (χ2n) is 5.89. The number of nitrogens with zero attached hydrogens (tertiary/aromatic N) is 1. The third-order valence-electron chi connectivity index (χ3n) is 4.66. The van der Waals surface area contributed by atoms with Crippen molar-refractivity contribution in [3.8, 4) is 0 Å². The Kier molecular flexibility index (Phi) is 2.87. The molecule has 1 amide bonds. The lowest BCUT2D eigenvalue weighted by molar-refractivity contribution is -0.146. The highest BCUT2D eigenvalue weighted by atomic mass is 16.5. The van der Waals surface area contributed by atoms with Crippen molar-refractivity contribution in [3.05, 3.63) is 0 Å². The van der Waals surface area contributed by atoms with E-state index in [1.165, 1.54) is 12.8 Å². The Morgan fingerprint density at radius 1 is 1.35 bits per heavy atom. The van der Waals surface area contributed by atoms with Crippen molar-refractivity contribution in [2.24, 2.45) is 5.73 Å². The van der Waals surface area contributed by atoms with E-state index in [0.29, 0.717) is 25.2 Å². The lowest BCUT2D eigenvalue weighted by Gasteiger charge is -2.42. The largest absolute Gasteiger partial charge is 0.374 e. The van der Waals surface area contributed by atoms with E-state index in [4.69, 9.17) is 10.5 Å². The first kappa shape index (κ1) is 11.5. The van der Waals surface area contributed by atoms with Crippen LogP contribution < -0.4 is 5.73 Å². The van der Waals surface area contributed by atoms with Crippen molar-refractivity contribution in [2.45, 2.75) is 62.6 Å². The van der Waals surface area contributed by atoms with Crippen LogP contribution >= 0.6 is 0 Å². The molecule has 1 aliphatic heterocycles. The Morgan fingerprint density at radius 2 is 2.18 bits per heavy atom. The lowest BCUT2D eigenvalue weighted by Crippen LogP contribution is -2.56. The van der Waals surface area contributed by atoms with Crippen molar-refractivity contribution >= 4 is 5.91 Å². The number of amides is 1. The molecule has 17 heavy (non-hydrogen) atoms. The Morgan fingerprint density at radius 3 is 2.88 bits per heavy atom. The Hall–Kier alpha value is -0.610. The molecule has 2 N–H and O–H groups in total. The molecule has 3 fully saturated rings. The molecule has 2 saturated carbocycles.